The first kappa shape index (κ1) is 12.3. The van der Waals surface area contributed by atoms with Gasteiger partial charge in [0.05, 0.1) is 30.8 Å². The summed E-state index contributed by atoms with van der Waals surface area (Å²) in [5, 5.41) is 7.31. The van der Waals surface area contributed by atoms with E-state index in [0.29, 0.717) is 6.54 Å². The minimum absolute atomic E-state index is 0.615. The van der Waals surface area contributed by atoms with Crippen molar-refractivity contribution in [2.45, 2.75) is 6.54 Å². The Labute approximate surface area is 117 Å². The quantitative estimate of drug-likeness (QED) is 0.787. The van der Waals surface area contributed by atoms with E-state index in [-0.39, 0.29) is 0 Å². The molecule has 3 rings (SSSR count). The molecule has 0 saturated carbocycles. The Kier molecular flexibility index (Phi) is 3.41. The molecule has 0 bridgehead atoms. The van der Waals surface area contributed by atoms with E-state index in [1.165, 1.54) is 0 Å². The van der Waals surface area contributed by atoms with Crippen LogP contribution in [0.2, 0.25) is 0 Å². The van der Waals surface area contributed by atoms with Gasteiger partial charge in [-0.25, -0.2) is 4.98 Å². The Morgan fingerprint density at radius 3 is 2.55 bits per heavy atom. The zero-order chi connectivity index (χ0) is 13.8. The highest BCUT2D eigenvalue weighted by atomic mass is 15.3. The van der Waals surface area contributed by atoms with Gasteiger partial charge in [-0.05, 0) is 5.56 Å². The van der Waals surface area contributed by atoms with Crippen molar-refractivity contribution >= 4 is 5.82 Å². The minimum atomic E-state index is 0.615. The van der Waals surface area contributed by atoms with Gasteiger partial charge in [-0.15, -0.1) is 0 Å². The zero-order valence-corrected chi connectivity index (χ0v) is 11.2. The number of benzene rings is 1. The first-order chi connectivity index (χ1) is 9.85. The largest absolute Gasteiger partial charge is 0.372 e. The molecule has 0 amide bonds. The fourth-order valence-electron chi connectivity index (χ4n) is 1.96. The first-order valence-electron chi connectivity index (χ1n) is 6.42. The Morgan fingerprint density at radius 1 is 1.00 bits per heavy atom. The Balaban J connectivity index is 1.77. The number of nitrogens with zero attached hydrogens (tertiary/aromatic N) is 4. The van der Waals surface area contributed by atoms with Gasteiger partial charge >= 0.3 is 0 Å². The number of anilines is 1. The van der Waals surface area contributed by atoms with Gasteiger partial charge in [0.1, 0.15) is 5.82 Å². The molecule has 0 aliphatic heterocycles. The third-order valence-electron chi connectivity index (χ3n) is 3.03. The molecule has 0 spiro atoms. The van der Waals surface area contributed by atoms with E-state index in [4.69, 9.17) is 0 Å². The fourth-order valence-corrected chi connectivity index (χ4v) is 1.96. The maximum absolute atomic E-state index is 4.36. The van der Waals surface area contributed by atoms with Crippen LogP contribution in [0.25, 0.3) is 11.1 Å². The topological polar surface area (TPSA) is 55.6 Å². The van der Waals surface area contributed by atoms with Crippen LogP contribution in [0.15, 0.2) is 55.1 Å². The summed E-state index contributed by atoms with van der Waals surface area (Å²) in [7, 11) is 1.82. The number of nitrogens with one attached hydrogen (secondary N) is 1. The van der Waals surface area contributed by atoms with Crippen LogP contribution in [-0.4, -0.2) is 26.8 Å². The molecule has 1 N–H and O–H groups in total. The van der Waals surface area contributed by atoms with Crippen molar-refractivity contribution in [3.8, 4) is 11.1 Å². The summed E-state index contributed by atoms with van der Waals surface area (Å²) in [5.41, 5.74) is 3.15. The van der Waals surface area contributed by atoms with Crippen LogP contribution >= 0.6 is 0 Å². The predicted molar refractivity (Wildman–Crippen MR) is 78.3 cm³/mol. The molecule has 5 nitrogen and oxygen atoms in total. The zero-order valence-electron chi connectivity index (χ0n) is 11.2. The molecule has 3 aromatic rings. The van der Waals surface area contributed by atoms with Gasteiger partial charge in [0.25, 0.3) is 0 Å². The summed E-state index contributed by atoms with van der Waals surface area (Å²) >= 11 is 0. The summed E-state index contributed by atoms with van der Waals surface area (Å²) in [5.74, 6) is 0.763. The number of hydrogen-bond donors (Lipinski definition) is 1. The van der Waals surface area contributed by atoms with E-state index in [1.54, 1.807) is 12.4 Å². The molecule has 20 heavy (non-hydrogen) atoms. The van der Waals surface area contributed by atoms with Crippen LogP contribution in [0.4, 0.5) is 5.82 Å². The highest BCUT2D eigenvalue weighted by Crippen LogP contribution is 2.17. The molecular formula is C15H15N5. The predicted octanol–water partition coefficient (Wildman–Crippen LogP) is 2.43. The Morgan fingerprint density at radius 2 is 1.85 bits per heavy atom. The third kappa shape index (κ3) is 2.66. The molecular weight excluding hydrogens is 250 g/mol. The average Bonchev–Trinajstić information content (AvgIpc) is 2.97. The highest BCUT2D eigenvalue weighted by molar-refractivity contribution is 5.61. The van der Waals surface area contributed by atoms with Crippen molar-refractivity contribution in [2.75, 3.05) is 12.4 Å². The maximum atomic E-state index is 4.36. The van der Waals surface area contributed by atoms with Crippen LogP contribution < -0.4 is 5.32 Å². The molecule has 2 aromatic heterocycles. The number of aromatic nitrogens is 4. The van der Waals surface area contributed by atoms with E-state index in [2.05, 4.69) is 32.5 Å². The third-order valence-corrected chi connectivity index (χ3v) is 3.03. The van der Waals surface area contributed by atoms with E-state index in [1.807, 2.05) is 42.3 Å². The van der Waals surface area contributed by atoms with Crippen LogP contribution in [0, 0.1) is 0 Å². The normalized spacial score (nSPS) is 10.4. The second kappa shape index (κ2) is 5.52. The second-order valence-corrected chi connectivity index (χ2v) is 4.44. The van der Waals surface area contributed by atoms with Crippen molar-refractivity contribution in [2.24, 2.45) is 0 Å². The highest BCUT2D eigenvalue weighted by Gasteiger charge is 2.03. The first-order valence-corrected chi connectivity index (χ1v) is 6.42. The van der Waals surface area contributed by atoms with Crippen molar-refractivity contribution in [1.29, 1.82) is 0 Å². The molecule has 0 fully saturated rings. The van der Waals surface area contributed by atoms with Gasteiger partial charge in [-0.1, -0.05) is 30.3 Å². The van der Waals surface area contributed by atoms with E-state index in [0.717, 1.165) is 22.6 Å². The maximum Gasteiger partial charge on any atom is 0.144 e. The number of rotatable bonds is 4. The fraction of sp³-hybridized carbons (Fsp3) is 0.133. The second-order valence-electron chi connectivity index (χ2n) is 4.44. The lowest BCUT2D eigenvalue weighted by Gasteiger charge is -2.02. The van der Waals surface area contributed by atoms with Gasteiger partial charge in [0.2, 0.25) is 0 Å². The summed E-state index contributed by atoms with van der Waals surface area (Å²) in [4.78, 5) is 8.58. The van der Waals surface area contributed by atoms with E-state index < -0.39 is 0 Å². The van der Waals surface area contributed by atoms with Crippen LogP contribution in [0.5, 0.6) is 0 Å². The van der Waals surface area contributed by atoms with Gasteiger partial charge in [-0.2, -0.15) is 5.10 Å². The summed E-state index contributed by atoms with van der Waals surface area (Å²) in [6, 6.07) is 10.2. The minimum Gasteiger partial charge on any atom is -0.372 e. The molecule has 5 heteroatoms. The molecule has 2 heterocycles. The van der Waals surface area contributed by atoms with Crippen molar-refractivity contribution in [1.82, 2.24) is 19.7 Å². The monoisotopic (exact) mass is 265 g/mol. The molecule has 0 unspecified atom stereocenters. The molecule has 0 saturated heterocycles. The lowest BCUT2D eigenvalue weighted by atomic mass is 10.1. The molecule has 1 aromatic carbocycles. The SMILES string of the molecule is CNc1cnc(Cn2cc(-c3ccccc3)cn2)cn1. The summed E-state index contributed by atoms with van der Waals surface area (Å²) < 4.78 is 1.87. The van der Waals surface area contributed by atoms with Crippen LogP contribution in [0.3, 0.4) is 0 Å². The molecule has 100 valence electrons. The van der Waals surface area contributed by atoms with Crippen LogP contribution in [-0.2, 0) is 6.54 Å². The average molecular weight is 265 g/mol. The number of hydrogen-bond acceptors (Lipinski definition) is 4. The van der Waals surface area contributed by atoms with Gasteiger partial charge in [0.15, 0.2) is 0 Å². The van der Waals surface area contributed by atoms with Crippen molar-refractivity contribution in [3.05, 3.63) is 60.8 Å². The standard InChI is InChI=1S/C15H15N5/c1-16-15-9-17-14(8-18-15)11-20-10-13(7-19-20)12-5-3-2-4-6-12/h2-10H,11H2,1H3,(H,16,18). The lowest BCUT2D eigenvalue weighted by molar-refractivity contribution is 0.670. The molecule has 0 radical (unpaired) electrons. The molecule has 0 atom stereocenters. The van der Waals surface area contributed by atoms with Gasteiger partial charge < -0.3 is 5.32 Å². The smallest absolute Gasteiger partial charge is 0.144 e. The summed E-state index contributed by atoms with van der Waals surface area (Å²) in [6.07, 6.45) is 7.36. The molecule has 0 aliphatic rings. The molecule has 0 aliphatic carbocycles. The van der Waals surface area contributed by atoms with Crippen molar-refractivity contribution in [3.63, 3.8) is 0 Å². The van der Waals surface area contributed by atoms with Crippen LogP contribution in [0.1, 0.15) is 5.69 Å². The van der Waals surface area contributed by atoms with E-state index in [9.17, 15) is 0 Å². The lowest BCUT2D eigenvalue weighted by Crippen LogP contribution is -2.03. The van der Waals surface area contributed by atoms with Crippen molar-refractivity contribution < 1.29 is 0 Å². The Bertz CT molecular complexity index is 673. The Hall–Kier alpha value is -2.69. The summed E-state index contributed by atoms with van der Waals surface area (Å²) in [6.45, 7) is 0.615. The van der Waals surface area contributed by atoms with Gasteiger partial charge in [-0.3, -0.25) is 9.67 Å². The van der Waals surface area contributed by atoms with E-state index >= 15 is 0 Å². The van der Waals surface area contributed by atoms with Gasteiger partial charge in [0, 0.05) is 18.8 Å².